The third-order valence-electron chi connectivity index (χ3n) is 2.17. The maximum atomic E-state index is 11.7. The number of carbonyl (C=O) groups excluding carboxylic acids is 1. The van der Waals surface area contributed by atoms with Crippen LogP contribution in [0.2, 0.25) is 0 Å². The SMILES string of the molecule is CCC(C#N)S(=O)(=O)N(C)CCC(=O)OC. The lowest BCUT2D eigenvalue weighted by Crippen LogP contribution is -2.36. The fraction of sp³-hybridized carbons (Fsp3) is 0.778. The molecule has 7 heteroatoms. The Morgan fingerprint density at radius 3 is 2.50 bits per heavy atom. The van der Waals surface area contributed by atoms with Gasteiger partial charge in [0.2, 0.25) is 10.0 Å². The van der Waals surface area contributed by atoms with Gasteiger partial charge in [0, 0.05) is 13.6 Å². The highest BCUT2D eigenvalue weighted by Crippen LogP contribution is 2.10. The van der Waals surface area contributed by atoms with Crippen LogP contribution in [0.5, 0.6) is 0 Å². The molecule has 0 aliphatic rings. The van der Waals surface area contributed by atoms with Crippen molar-refractivity contribution in [3.8, 4) is 6.07 Å². The number of carbonyl (C=O) groups is 1. The van der Waals surface area contributed by atoms with Crippen molar-refractivity contribution >= 4 is 16.0 Å². The molecule has 0 aromatic carbocycles. The van der Waals surface area contributed by atoms with E-state index in [2.05, 4.69) is 4.74 Å². The van der Waals surface area contributed by atoms with E-state index in [1.165, 1.54) is 14.2 Å². The molecule has 0 fully saturated rings. The topological polar surface area (TPSA) is 87.5 Å². The summed E-state index contributed by atoms with van der Waals surface area (Å²) in [7, 11) is -1.06. The highest BCUT2D eigenvalue weighted by molar-refractivity contribution is 7.89. The average Bonchev–Trinajstić information content (AvgIpc) is 2.26. The number of rotatable bonds is 6. The predicted molar refractivity (Wildman–Crippen MR) is 57.9 cm³/mol. The maximum Gasteiger partial charge on any atom is 0.306 e. The summed E-state index contributed by atoms with van der Waals surface area (Å²) in [5.41, 5.74) is 0. The third kappa shape index (κ3) is 3.79. The van der Waals surface area contributed by atoms with Gasteiger partial charge in [0.1, 0.15) is 0 Å². The van der Waals surface area contributed by atoms with E-state index in [1.807, 2.05) is 0 Å². The van der Waals surface area contributed by atoms with E-state index < -0.39 is 21.2 Å². The minimum atomic E-state index is -3.64. The quantitative estimate of drug-likeness (QED) is 0.623. The van der Waals surface area contributed by atoms with E-state index >= 15 is 0 Å². The molecular formula is C9H16N2O4S. The monoisotopic (exact) mass is 248 g/mol. The number of methoxy groups -OCH3 is 1. The molecule has 0 rings (SSSR count). The largest absolute Gasteiger partial charge is 0.469 e. The van der Waals surface area contributed by atoms with Crippen LogP contribution in [0, 0.1) is 11.3 Å². The van der Waals surface area contributed by atoms with Gasteiger partial charge < -0.3 is 4.74 Å². The standard InChI is InChI=1S/C9H16N2O4S/c1-4-8(7-10)16(13,14)11(2)6-5-9(12)15-3/h8H,4-6H2,1-3H3. The molecule has 0 aromatic heterocycles. The number of esters is 1. The molecule has 0 radical (unpaired) electrons. The first-order valence-electron chi connectivity index (χ1n) is 4.81. The molecule has 0 bridgehead atoms. The molecular weight excluding hydrogens is 232 g/mol. The fourth-order valence-electron chi connectivity index (χ4n) is 1.06. The van der Waals surface area contributed by atoms with E-state index in [0.29, 0.717) is 0 Å². The molecule has 0 saturated carbocycles. The normalized spacial score (nSPS) is 13.2. The van der Waals surface area contributed by atoms with Crippen LogP contribution in [0.3, 0.4) is 0 Å². The smallest absolute Gasteiger partial charge is 0.306 e. The van der Waals surface area contributed by atoms with E-state index in [4.69, 9.17) is 5.26 Å². The first-order chi connectivity index (χ1) is 7.39. The molecule has 92 valence electrons. The molecule has 6 nitrogen and oxygen atoms in total. The summed E-state index contributed by atoms with van der Waals surface area (Å²) in [6, 6.07) is 1.73. The van der Waals surface area contributed by atoms with Crippen LogP contribution in [0.25, 0.3) is 0 Å². The number of hydrogen-bond acceptors (Lipinski definition) is 5. The third-order valence-corrected chi connectivity index (χ3v) is 4.38. The van der Waals surface area contributed by atoms with Crippen molar-refractivity contribution in [1.29, 1.82) is 5.26 Å². The summed E-state index contributed by atoms with van der Waals surface area (Å²) >= 11 is 0. The first-order valence-corrected chi connectivity index (χ1v) is 6.32. The Morgan fingerprint density at radius 1 is 1.56 bits per heavy atom. The van der Waals surface area contributed by atoms with Crippen molar-refractivity contribution in [2.24, 2.45) is 0 Å². The van der Waals surface area contributed by atoms with Crippen molar-refractivity contribution < 1.29 is 17.9 Å². The van der Waals surface area contributed by atoms with Gasteiger partial charge in [-0.05, 0) is 6.42 Å². The zero-order valence-corrected chi connectivity index (χ0v) is 10.5. The fourth-order valence-corrected chi connectivity index (χ4v) is 2.40. The Balaban J connectivity index is 4.54. The van der Waals surface area contributed by atoms with Gasteiger partial charge in [-0.2, -0.15) is 5.26 Å². The molecule has 0 aliphatic heterocycles. The van der Waals surface area contributed by atoms with Crippen LogP contribution < -0.4 is 0 Å². The minimum Gasteiger partial charge on any atom is -0.469 e. The van der Waals surface area contributed by atoms with Crippen LogP contribution in [0.4, 0.5) is 0 Å². The number of sulfonamides is 1. The lowest BCUT2D eigenvalue weighted by molar-refractivity contribution is -0.140. The summed E-state index contributed by atoms with van der Waals surface area (Å²) in [6.07, 6.45) is 0.204. The summed E-state index contributed by atoms with van der Waals surface area (Å²) in [4.78, 5) is 10.8. The van der Waals surface area contributed by atoms with Crippen LogP contribution in [0.15, 0.2) is 0 Å². The average molecular weight is 248 g/mol. The van der Waals surface area contributed by atoms with Gasteiger partial charge in [-0.15, -0.1) is 0 Å². The Hall–Kier alpha value is -1.13. The lowest BCUT2D eigenvalue weighted by Gasteiger charge is -2.18. The van der Waals surface area contributed by atoms with Crippen LogP contribution in [-0.2, 0) is 19.6 Å². The number of nitrogens with zero attached hydrogens (tertiary/aromatic N) is 2. The highest BCUT2D eigenvalue weighted by atomic mass is 32.2. The number of ether oxygens (including phenoxy) is 1. The number of nitriles is 1. The first kappa shape index (κ1) is 14.9. The van der Waals surface area contributed by atoms with Gasteiger partial charge >= 0.3 is 5.97 Å². The van der Waals surface area contributed by atoms with Crippen LogP contribution in [-0.4, -0.2) is 44.6 Å². The molecule has 0 amide bonds. The second kappa shape index (κ2) is 6.45. The molecule has 1 unspecified atom stereocenters. The zero-order chi connectivity index (χ0) is 12.8. The molecule has 0 spiro atoms. The van der Waals surface area contributed by atoms with Crippen molar-refractivity contribution in [3.63, 3.8) is 0 Å². The van der Waals surface area contributed by atoms with E-state index in [0.717, 1.165) is 4.31 Å². The summed E-state index contributed by atoms with van der Waals surface area (Å²) < 4.78 is 28.9. The second-order valence-electron chi connectivity index (χ2n) is 3.22. The van der Waals surface area contributed by atoms with Gasteiger partial charge in [-0.3, -0.25) is 4.79 Å². The molecule has 0 aliphatic carbocycles. The van der Waals surface area contributed by atoms with E-state index in [9.17, 15) is 13.2 Å². The molecule has 0 heterocycles. The van der Waals surface area contributed by atoms with Crippen molar-refractivity contribution in [2.75, 3.05) is 20.7 Å². The predicted octanol–water partition coefficient (Wildman–Crippen LogP) is 0.113. The Kier molecular flexibility index (Phi) is 6.00. The van der Waals surface area contributed by atoms with Crippen LogP contribution >= 0.6 is 0 Å². The Labute approximate surface area is 95.8 Å². The zero-order valence-electron chi connectivity index (χ0n) is 9.63. The van der Waals surface area contributed by atoms with Gasteiger partial charge in [0.25, 0.3) is 0 Å². The van der Waals surface area contributed by atoms with Gasteiger partial charge in [-0.25, -0.2) is 12.7 Å². The van der Waals surface area contributed by atoms with Gasteiger partial charge in [-0.1, -0.05) is 6.92 Å². The van der Waals surface area contributed by atoms with Crippen LogP contribution in [0.1, 0.15) is 19.8 Å². The molecule has 0 N–H and O–H groups in total. The Bertz CT molecular complexity index is 371. The molecule has 1 atom stereocenters. The van der Waals surface area contributed by atoms with Crippen molar-refractivity contribution in [1.82, 2.24) is 4.31 Å². The van der Waals surface area contributed by atoms with Gasteiger partial charge in [0.05, 0.1) is 19.6 Å². The summed E-state index contributed by atoms with van der Waals surface area (Å²) in [6.45, 7) is 1.65. The minimum absolute atomic E-state index is 0.0197. The highest BCUT2D eigenvalue weighted by Gasteiger charge is 2.28. The maximum absolute atomic E-state index is 11.7. The van der Waals surface area contributed by atoms with E-state index in [1.54, 1.807) is 13.0 Å². The lowest BCUT2D eigenvalue weighted by atomic mass is 10.4. The van der Waals surface area contributed by atoms with E-state index in [-0.39, 0.29) is 19.4 Å². The molecule has 0 saturated heterocycles. The Morgan fingerprint density at radius 2 is 2.12 bits per heavy atom. The number of hydrogen-bond donors (Lipinski definition) is 0. The summed E-state index contributed by atoms with van der Waals surface area (Å²) in [5.74, 6) is -0.480. The van der Waals surface area contributed by atoms with Gasteiger partial charge in [0.15, 0.2) is 5.25 Å². The van der Waals surface area contributed by atoms with Crippen molar-refractivity contribution in [2.45, 2.75) is 25.0 Å². The summed E-state index contributed by atoms with van der Waals surface area (Å²) in [5, 5.41) is 7.63. The van der Waals surface area contributed by atoms with Crippen molar-refractivity contribution in [3.05, 3.63) is 0 Å². The second-order valence-corrected chi connectivity index (χ2v) is 5.44. The molecule has 0 aromatic rings. The molecule has 16 heavy (non-hydrogen) atoms.